The number of hydrogen-bond acceptors (Lipinski definition) is 7. The number of aromatic nitrogens is 4. The number of morpholine rings is 1. The van der Waals surface area contributed by atoms with E-state index in [1.807, 2.05) is 17.2 Å². The van der Waals surface area contributed by atoms with E-state index in [-0.39, 0.29) is 5.91 Å². The van der Waals surface area contributed by atoms with Crippen LogP contribution in [0, 0.1) is 0 Å². The van der Waals surface area contributed by atoms with Crippen LogP contribution in [0.4, 0.5) is 0 Å². The van der Waals surface area contributed by atoms with Crippen LogP contribution >= 0.6 is 11.8 Å². The van der Waals surface area contributed by atoms with Gasteiger partial charge in [-0.25, -0.2) is 0 Å². The molecule has 0 N–H and O–H groups in total. The molecule has 2 aromatic heterocycles. The topological polar surface area (TPSA) is 76.4 Å². The van der Waals surface area contributed by atoms with Crippen molar-refractivity contribution in [3.05, 3.63) is 35.9 Å². The molecular formula is C21H30N6O2S. The minimum Gasteiger partial charge on any atom is -0.378 e. The highest BCUT2D eigenvalue weighted by atomic mass is 32.2. The molecule has 8 nitrogen and oxygen atoms in total. The van der Waals surface area contributed by atoms with Crippen molar-refractivity contribution in [3.8, 4) is 0 Å². The fourth-order valence-corrected chi connectivity index (χ4v) is 5.09. The summed E-state index contributed by atoms with van der Waals surface area (Å²) in [5.74, 6) is 2.41. The fourth-order valence-electron chi connectivity index (χ4n) is 4.15. The van der Waals surface area contributed by atoms with E-state index in [1.54, 1.807) is 18.0 Å². The predicted molar refractivity (Wildman–Crippen MR) is 115 cm³/mol. The molecule has 2 saturated heterocycles. The molecule has 4 rings (SSSR count). The summed E-state index contributed by atoms with van der Waals surface area (Å²) in [6, 6.07) is 4.04. The minimum atomic E-state index is 0.212. The van der Waals surface area contributed by atoms with Crippen molar-refractivity contribution in [3.63, 3.8) is 0 Å². The zero-order chi connectivity index (χ0) is 20.8. The molecule has 0 bridgehead atoms. The van der Waals surface area contributed by atoms with Crippen molar-refractivity contribution in [2.24, 2.45) is 0 Å². The Bertz CT molecular complexity index is 824. The van der Waals surface area contributed by atoms with Crippen LogP contribution in [0.1, 0.15) is 37.1 Å². The summed E-state index contributed by atoms with van der Waals surface area (Å²) in [6.45, 7) is 8.01. The second-order valence-corrected chi connectivity index (χ2v) is 8.74. The summed E-state index contributed by atoms with van der Waals surface area (Å²) in [7, 11) is 0. The third kappa shape index (κ3) is 5.19. The van der Waals surface area contributed by atoms with Crippen molar-refractivity contribution < 1.29 is 9.53 Å². The molecule has 1 amide bonds. The summed E-state index contributed by atoms with van der Waals surface area (Å²) in [4.78, 5) is 21.0. The van der Waals surface area contributed by atoms with E-state index in [4.69, 9.17) is 4.74 Å². The number of thioether (sulfide) groups is 1. The number of likely N-dealkylation sites (tertiary alicyclic amines) is 1. The molecular weight excluding hydrogens is 400 g/mol. The van der Waals surface area contributed by atoms with Crippen molar-refractivity contribution in [1.29, 1.82) is 0 Å². The molecule has 0 aromatic carbocycles. The molecule has 2 aromatic rings. The van der Waals surface area contributed by atoms with Gasteiger partial charge < -0.3 is 14.2 Å². The van der Waals surface area contributed by atoms with Crippen LogP contribution in [0.15, 0.2) is 29.7 Å². The second kappa shape index (κ2) is 10.4. The maximum Gasteiger partial charge on any atom is 0.236 e. The molecule has 2 aliphatic rings. The Labute approximate surface area is 182 Å². The van der Waals surface area contributed by atoms with Gasteiger partial charge in [-0.2, -0.15) is 0 Å². The molecule has 0 spiro atoms. The van der Waals surface area contributed by atoms with Crippen molar-refractivity contribution >= 4 is 17.7 Å². The summed E-state index contributed by atoms with van der Waals surface area (Å²) in [5.41, 5.74) is 1.18. The van der Waals surface area contributed by atoms with Gasteiger partial charge >= 0.3 is 0 Å². The van der Waals surface area contributed by atoms with Gasteiger partial charge in [0.2, 0.25) is 5.91 Å². The number of carbonyl (C=O) groups excluding carboxylic acids is 1. The third-order valence-corrected chi connectivity index (χ3v) is 6.78. The van der Waals surface area contributed by atoms with Gasteiger partial charge in [0, 0.05) is 50.2 Å². The zero-order valence-corrected chi connectivity index (χ0v) is 18.4. The molecule has 1 atom stereocenters. The van der Waals surface area contributed by atoms with Gasteiger partial charge in [-0.1, -0.05) is 17.8 Å². The van der Waals surface area contributed by atoms with Crippen LogP contribution in [0.25, 0.3) is 0 Å². The Morgan fingerprint density at radius 3 is 2.90 bits per heavy atom. The first-order valence-corrected chi connectivity index (χ1v) is 11.8. The van der Waals surface area contributed by atoms with E-state index in [2.05, 4.69) is 37.6 Å². The largest absolute Gasteiger partial charge is 0.378 e. The maximum absolute atomic E-state index is 12.6. The van der Waals surface area contributed by atoms with Crippen LogP contribution in [-0.4, -0.2) is 81.4 Å². The SMILES string of the molecule is CCn1c(SCc2cccnc2)nnc1C1CCCN(CC(=O)N2CCOCC2)C1. The monoisotopic (exact) mass is 430 g/mol. The Kier molecular flexibility index (Phi) is 7.35. The van der Waals surface area contributed by atoms with Gasteiger partial charge in [0.05, 0.1) is 19.8 Å². The summed E-state index contributed by atoms with van der Waals surface area (Å²) in [6.07, 6.45) is 5.86. The van der Waals surface area contributed by atoms with Crippen LogP contribution < -0.4 is 0 Å². The highest BCUT2D eigenvalue weighted by Gasteiger charge is 2.29. The highest BCUT2D eigenvalue weighted by Crippen LogP contribution is 2.29. The molecule has 0 radical (unpaired) electrons. The first-order chi connectivity index (χ1) is 14.7. The average molecular weight is 431 g/mol. The van der Waals surface area contributed by atoms with Crippen molar-refractivity contribution in [2.75, 3.05) is 45.9 Å². The van der Waals surface area contributed by atoms with Crippen LogP contribution in [-0.2, 0) is 21.8 Å². The number of pyridine rings is 1. The number of piperidine rings is 1. The number of nitrogens with zero attached hydrogens (tertiary/aromatic N) is 6. The molecule has 0 saturated carbocycles. The number of amides is 1. The molecule has 0 aliphatic carbocycles. The molecule has 4 heterocycles. The lowest BCUT2D eigenvalue weighted by Crippen LogP contribution is -2.47. The van der Waals surface area contributed by atoms with E-state index < -0.39 is 0 Å². The van der Waals surface area contributed by atoms with E-state index in [1.165, 1.54) is 5.56 Å². The predicted octanol–water partition coefficient (Wildman–Crippen LogP) is 2.02. The van der Waals surface area contributed by atoms with E-state index in [0.717, 1.165) is 49.2 Å². The lowest BCUT2D eigenvalue weighted by Gasteiger charge is -2.34. The average Bonchev–Trinajstić information content (AvgIpc) is 3.22. The van der Waals surface area contributed by atoms with Crippen molar-refractivity contribution in [2.45, 2.75) is 43.1 Å². The Morgan fingerprint density at radius 2 is 2.13 bits per heavy atom. The second-order valence-electron chi connectivity index (χ2n) is 7.80. The molecule has 2 aliphatic heterocycles. The number of ether oxygens (including phenoxy) is 1. The Hall–Kier alpha value is -1.97. The van der Waals surface area contributed by atoms with Gasteiger partial charge in [0.15, 0.2) is 5.16 Å². The minimum absolute atomic E-state index is 0.212. The molecule has 2 fully saturated rings. The first kappa shape index (κ1) is 21.3. The quantitative estimate of drug-likeness (QED) is 0.622. The van der Waals surface area contributed by atoms with Gasteiger partial charge in [-0.05, 0) is 37.9 Å². The molecule has 9 heteroatoms. The van der Waals surface area contributed by atoms with Crippen molar-refractivity contribution in [1.82, 2.24) is 29.5 Å². The summed E-state index contributed by atoms with van der Waals surface area (Å²) >= 11 is 1.70. The van der Waals surface area contributed by atoms with Crippen LogP contribution in [0.5, 0.6) is 0 Å². The van der Waals surface area contributed by atoms with E-state index in [0.29, 0.717) is 38.8 Å². The first-order valence-electron chi connectivity index (χ1n) is 10.8. The maximum atomic E-state index is 12.6. The molecule has 162 valence electrons. The molecule has 30 heavy (non-hydrogen) atoms. The Morgan fingerprint density at radius 1 is 1.27 bits per heavy atom. The summed E-state index contributed by atoms with van der Waals surface area (Å²) < 4.78 is 7.59. The third-order valence-electron chi connectivity index (χ3n) is 5.75. The van der Waals surface area contributed by atoms with Crippen LogP contribution in [0.3, 0.4) is 0 Å². The lowest BCUT2D eigenvalue weighted by atomic mass is 9.97. The summed E-state index contributed by atoms with van der Waals surface area (Å²) in [5, 5.41) is 10.0. The van der Waals surface area contributed by atoms with E-state index in [9.17, 15) is 4.79 Å². The fraction of sp³-hybridized carbons (Fsp3) is 0.619. The Balaban J connectivity index is 1.38. The van der Waals surface area contributed by atoms with Gasteiger partial charge in [-0.3, -0.25) is 14.7 Å². The van der Waals surface area contributed by atoms with Gasteiger partial charge in [0.25, 0.3) is 0 Å². The van der Waals surface area contributed by atoms with E-state index >= 15 is 0 Å². The normalized spacial score (nSPS) is 20.4. The van der Waals surface area contributed by atoms with Gasteiger partial charge in [-0.15, -0.1) is 10.2 Å². The zero-order valence-electron chi connectivity index (χ0n) is 17.6. The van der Waals surface area contributed by atoms with Crippen LogP contribution in [0.2, 0.25) is 0 Å². The number of hydrogen-bond donors (Lipinski definition) is 0. The molecule has 1 unspecified atom stereocenters. The smallest absolute Gasteiger partial charge is 0.236 e. The lowest BCUT2D eigenvalue weighted by molar-refractivity contribution is -0.136. The number of carbonyl (C=O) groups is 1. The van der Waals surface area contributed by atoms with Gasteiger partial charge in [0.1, 0.15) is 5.82 Å². The highest BCUT2D eigenvalue weighted by molar-refractivity contribution is 7.98. The number of rotatable bonds is 7. The standard InChI is InChI=1S/C21H30N6O2S/c1-2-27-20(23-24-21(27)30-16-17-5-3-7-22-13-17)18-6-4-8-25(14-18)15-19(28)26-9-11-29-12-10-26/h3,5,7,13,18H,2,4,6,8-12,14-16H2,1H3.